The van der Waals surface area contributed by atoms with Crippen molar-refractivity contribution in [3.63, 3.8) is 0 Å². The van der Waals surface area contributed by atoms with Crippen LogP contribution >= 0.6 is 0 Å². The second-order valence-corrected chi connectivity index (χ2v) is 8.84. The molecule has 1 aliphatic heterocycles. The molecule has 0 N–H and O–H groups in total. The summed E-state index contributed by atoms with van der Waals surface area (Å²) in [4.78, 5) is 2.12. The molecule has 0 spiro atoms. The van der Waals surface area contributed by atoms with Crippen molar-refractivity contribution in [2.45, 2.75) is 5.60 Å². The molecule has 0 radical (unpaired) electrons. The van der Waals surface area contributed by atoms with Crippen LogP contribution in [0.1, 0.15) is 16.7 Å². The van der Waals surface area contributed by atoms with Gasteiger partial charge in [-0.05, 0) is 51.9 Å². The number of ether oxygens (including phenoxy) is 1. The fourth-order valence-corrected chi connectivity index (χ4v) is 4.96. The van der Waals surface area contributed by atoms with Crippen molar-refractivity contribution in [1.29, 1.82) is 0 Å². The fraction of sp³-hybridized carbons (Fsp3) is 0.0968. The Bertz CT molecular complexity index is 1510. The van der Waals surface area contributed by atoms with E-state index in [2.05, 4.69) is 134 Å². The third kappa shape index (κ3) is 3.10. The van der Waals surface area contributed by atoms with E-state index in [4.69, 9.17) is 4.74 Å². The van der Waals surface area contributed by atoms with Gasteiger partial charge in [0.2, 0.25) is 0 Å². The van der Waals surface area contributed by atoms with Crippen molar-refractivity contribution in [2.75, 3.05) is 19.0 Å². The maximum Gasteiger partial charge on any atom is 0.178 e. The highest BCUT2D eigenvalue weighted by Crippen LogP contribution is 2.46. The second kappa shape index (κ2) is 7.53. The first-order chi connectivity index (χ1) is 16.2. The Hall–Kier alpha value is -4.04. The number of hydrogen-bond donors (Lipinski definition) is 0. The minimum Gasteiger partial charge on any atom is -0.473 e. The number of anilines is 1. The Labute approximate surface area is 194 Å². The van der Waals surface area contributed by atoms with Crippen molar-refractivity contribution in [1.82, 2.24) is 0 Å². The highest BCUT2D eigenvalue weighted by molar-refractivity contribution is 5.95. The molecule has 160 valence electrons. The Kier molecular flexibility index (Phi) is 4.48. The van der Waals surface area contributed by atoms with E-state index in [9.17, 15) is 0 Å². The van der Waals surface area contributed by atoms with E-state index < -0.39 is 5.60 Å². The molecule has 1 heterocycles. The quantitative estimate of drug-likeness (QED) is 0.297. The van der Waals surface area contributed by atoms with E-state index in [0.717, 1.165) is 28.1 Å². The van der Waals surface area contributed by atoms with Gasteiger partial charge in [0.15, 0.2) is 5.60 Å². The topological polar surface area (TPSA) is 12.5 Å². The van der Waals surface area contributed by atoms with Crippen LogP contribution in [0.4, 0.5) is 5.69 Å². The molecule has 0 saturated carbocycles. The molecule has 0 amide bonds. The fourth-order valence-electron chi connectivity index (χ4n) is 4.96. The zero-order chi connectivity index (χ0) is 22.4. The summed E-state index contributed by atoms with van der Waals surface area (Å²) in [6.07, 6.45) is 4.47. The molecule has 0 saturated heterocycles. The Balaban J connectivity index is 1.61. The SMILES string of the molecule is CN(C)c1ccc(C2(c3cccc4ccccc34)C=Cc3c(ccc4ccccc34)O2)cc1. The number of benzene rings is 5. The Morgan fingerprint density at radius 1 is 0.636 bits per heavy atom. The molecule has 0 fully saturated rings. The van der Waals surface area contributed by atoms with Crippen LogP contribution in [0.5, 0.6) is 5.75 Å². The molecular weight excluding hydrogens is 402 g/mol. The molecule has 0 aromatic heterocycles. The van der Waals surface area contributed by atoms with Crippen molar-refractivity contribution in [2.24, 2.45) is 0 Å². The lowest BCUT2D eigenvalue weighted by Gasteiger charge is -2.37. The summed E-state index contributed by atoms with van der Waals surface area (Å²) < 4.78 is 7.01. The van der Waals surface area contributed by atoms with Crippen molar-refractivity contribution >= 4 is 33.3 Å². The third-order valence-electron chi connectivity index (χ3n) is 6.69. The van der Waals surface area contributed by atoms with Crippen LogP contribution in [-0.4, -0.2) is 14.1 Å². The van der Waals surface area contributed by atoms with E-state index >= 15 is 0 Å². The van der Waals surface area contributed by atoms with Gasteiger partial charge in [0.1, 0.15) is 5.75 Å². The summed E-state index contributed by atoms with van der Waals surface area (Å²) in [6.45, 7) is 0. The van der Waals surface area contributed by atoms with E-state index in [1.165, 1.54) is 21.5 Å². The molecule has 1 aliphatic rings. The van der Waals surface area contributed by atoms with Gasteiger partial charge in [0.25, 0.3) is 0 Å². The summed E-state index contributed by atoms with van der Waals surface area (Å²) in [5.74, 6) is 0.904. The number of rotatable bonds is 3. The van der Waals surface area contributed by atoms with Crippen LogP contribution in [0.25, 0.3) is 27.6 Å². The Morgan fingerprint density at radius 3 is 2.06 bits per heavy atom. The van der Waals surface area contributed by atoms with Crippen molar-refractivity contribution in [3.05, 3.63) is 126 Å². The first kappa shape index (κ1) is 19.6. The smallest absolute Gasteiger partial charge is 0.178 e. The van der Waals surface area contributed by atoms with E-state index in [1.807, 2.05) is 0 Å². The normalized spacial score (nSPS) is 17.0. The minimum absolute atomic E-state index is 0.721. The van der Waals surface area contributed by atoms with Crippen LogP contribution < -0.4 is 9.64 Å². The summed E-state index contributed by atoms with van der Waals surface area (Å²) in [6, 6.07) is 36.5. The molecule has 5 aromatic carbocycles. The van der Waals surface area contributed by atoms with Gasteiger partial charge in [0, 0.05) is 36.5 Å². The largest absolute Gasteiger partial charge is 0.473 e. The molecule has 6 rings (SSSR count). The van der Waals surface area contributed by atoms with Crippen LogP contribution in [0.15, 0.2) is 109 Å². The maximum atomic E-state index is 7.01. The average molecular weight is 428 g/mol. The van der Waals surface area contributed by atoms with Gasteiger partial charge in [-0.15, -0.1) is 0 Å². The van der Waals surface area contributed by atoms with Crippen molar-refractivity contribution < 1.29 is 4.74 Å². The van der Waals surface area contributed by atoms with Crippen LogP contribution in [0, 0.1) is 0 Å². The second-order valence-electron chi connectivity index (χ2n) is 8.84. The lowest BCUT2D eigenvalue weighted by molar-refractivity contribution is 0.163. The minimum atomic E-state index is -0.721. The van der Waals surface area contributed by atoms with Gasteiger partial charge in [-0.1, -0.05) is 84.9 Å². The van der Waals surface area contributed by atoms with E-state index in [1.54, 1.807) is 0 Å². The monoisotopic (exact) mass is 427 g/mol. The van der Waals surface area contributed by atoms with Crippen LogP contribution in [0.2, 0.25) is 0 Å². The zero-order valence-corrected chi connectivity index (χ0v) is 18.8. The first-order valence-electron chi connectivity index (χ1n) is 11.3. The Morgan fingerprint density at radius 2 is 1.30 bits per heavy atom. The molecule has 0 aliphatic carbocycles. The van der Waals surface area contributed by atoms with Gasteiger partial charge < -0.3 is 9.64 Å². The summed E-state index contributed by atoms with van der Waals surface area (Å²) in [7, 11) is 4.13. The van der Waals surface area contributed by atoms with E-state index in [-0.39, 0.29) is 0 Å². The number of nitrogens with zero attached hydrogens (tertiary/aromatic N) is 1. The highest BCUT2D eigenvalue weighted by atomic mass is 16.5. The van der Waals surface area contributed by atoms with Crippen molar-refractivity contribution in [3.8, 4) is 5.75 Å². The van der Waals surface area contributed by atoms with Gasteiger partial charge >= 0.3 is 0 Å². The van der Waals surface area contributed by atoms with Crippen LogP contribution in [0.3, 0.4) is 0 Å². The molecule has 2 nitrogen and oxygen atoms in total. The molecule has 1 unspecified atom stereocenters. The summed E-state index contributed by atoms with van der Waals surface area (Å²) in [5, 5.41) is 4.84. The zero-order valence-electron chi connectivity index (χ0n) is 18.8. The average Bonchev–Trinajstić information content (AvgIpc) is 2.88. The van der Waals surface area contributed by atoms with Gasteiger partial charge in [-0.2, -0.15) is 0 Å². The lowest BCUT2D eigenvalue weighted by Crippen LogP contribution is -2.34. The molecular formula is C31H25NO. The summed E-state index contributed by atoms with van der Waals surface area (Å²) in [5.41, 5.74) is 3.83. The van der Waals surface area contributed by atoms with Gasteiger partial charge in [0.05, 0.1) is 0 Å². The first-order valence-corrected chi connectivity index (χ1v) is 11.3. The summed E-state index contributed by atoms with van der Waals surface area (Å²) >= 11 is 0. The molecule has 1 atom stereocenters. The highest BCUT2D eigenvalue weighted by Gasteiger charge is 2.38. The standard InChI is InChI=1S/C31H25NO/c1-32(2)25-17-15-24(16-18-25)31(29-13-7-10-22-8-4-6-12-27(22)29)21-20-28-26-11-5-3-9-23(26)14-19-30(28)33-31/h3-21H,1-2H3. The van der Waals surface area contributed by atoms with Gasteiger partial charge in [-0.3, -0.25) is 0 Å². The number of hydrogen-bond acceptors (Lipinski definition) is 2. The van der Waals surface area contributed by atoms with Crippen LogP contribution in [-0.2, 0) is 5.60 Å². The molecule has 5 aromatic rings. The third-order valence-corrected chi connectivity index (χ3v) is 6.69. The van der Waals surface area contributed by atoms with Gasteiger partial charge in [-0.25, -0.2) is 0 Å². The maximum absolute atomic E-state index is 7.01. The lowest BCUT2D eigenvalue weighted by atomic mass is 9.81. The number of fused-ring (bicyclic) bond motifs is 4. The molecule has 0 bridgehead atoms. The predicted octanol–water partition coefficient (Wildman–Crippen LogP) is 7.41. The van der Waals surface area contributed by atoms with E-state index in [0.29, 0.717) is 0 Å². The molecule has 33 heavy (non-hydrogen) atoms. The predicted molar refractivity (Wildman–Crippen MR) is 139 cm³/mol. The molecule has 2 heteroatoms.